The predicted octanol–water partition coefficient (Wildman–Crippen LogP) is 3.63. The molecule has 1 aromatic heterocycles. The van der Waals surface area contributed by atoms with E-state index in [1.165, 1.54) is 5.56 Å². The molecule has 0 unspecified atom stereocenters. The van der Waals surface area contributed by atoms with Crippen molar-refractivity contribution in [3.8, 4) is 11.4 Å². The number of ether oxygens (including phenoxy) is 1. The molecule has 3 aromatic rings. The van der Waals surface area contributed by atoms with E-state index in [9.17, 15) is 4.79 Å². The molecule has 2 aromatic carbocycles. The second-order valence-corrected chi connectivity index (χ2v) is 7.90. The Bertz CT molecular complexity index is 1010. The fourth-order valence-electron chi connectivity index (χ4n) is 3.65. The third-order valence-electron chi connectivity index (χ3n) is 5.44. The molecule has 1 fully saturated rings. The number of anilines is 1. The number of carbonyl (C=O) groups excluding carboxylic acids is 1. The molecule has 31 heavy (non-hydrogen) atoms. The molecule has 6 nitrogen and oxygen atoms in total. The summed E-state index contributed by atoms with van der Waals surface area (Å²) in [6.45, 7) is 7.44. The van der Waals surface area contributed by atoms with Gasteiger partial charge in [-0.15, -0.1) is 0 Å². The zero-order valence-electron chi connectivity index (χ0n) is 18.1. The first kappa shape index (κ1) is 21.0. The van der Waals surface area contributed by atoms with Crippen LogP contribution in [0.4, 0.5) is 5.82 Å². The standard InChI is InChI=1S/C25H28N4O2/c1-19-8-10-22(11-9-19)25-26-20(2)16-23(27-25)28-12-14-29(15-13-28)24(30)18-31-17-21-6-4-3-5-7-21/h3-11,16H,12-15,17-18H2,1-2H3. The van der Waals surface area contributed by atoms with Gasteiger partial charge in [0.1, 0.15) is 12.4 Å². The lowest BCUT2D eigenvalue weighted by molar-refractivity contribution is -0.136. The minimum absolute atomic E-state index is 0.0368. The summed E-state index contributed by atoms with van der Waals surface area (Å²) in [6, 6.07) is 20.2. The number of amides is 1. The fourth-order valence-corrected chi connectivity index (χ4v) is 3.65. The summed E-state index contributed by atoms with van der Waals surface area (Å²) in [5.74, 6) is 1.69. The Morgan fingerprint density at radius 3 is 2.35 bits per heavy atom. The van der Waals surface area contributed by atoms with Crippen LogP contribution in [-0.2, 0) is 16.1 Å². The van der Waals surface area contributed by atoms with E-state index in [1.807, 2.05) is 48.2 Å². The van der Waals surface area contributed by atoms with Crippen LogP contribution in [-0.4, -0.2) is 53.6 Å². The Morgan fingerprint density at radius 1 is 0.935 bits per heavy atom. The van der Waals surface area contributed by atoms with Gasteiger partial charge in [0.15, 0.2) is 5.82 Å². The topological polar surface area (TPSA) is 58.6 Å². The summed E-state index contributed by atoms with van der Waals surface area (Å²) in [4.78, 5) is 26.0. The molecule has 1 saturated heterocycles. The minimum Gasteiger partial charge on any atom is -0.367 e. The third-order valence-corrected chi connectivity index (χ3v) is 5.44. The largest absolute Gasteiger partial charge is 0.367 e. The maximum absolute atomic E-state index is 12.5. The molecular weight excluding hydrogens is 388 g/mol. The van der Waals surface area contributed by atoms with Crippen LogP contribution in [0.5, 0.6) is 0 Å². The van der Waals surface area contributed by atoms with Gasteiger partial charge in [0.05, 0.1) is 6.61 Å². The molecule has 1 aliphatic heterocycles. The summed E-state index contributed by atoms with van der Waals surface area (Å²) < 4.78 is 5.61. The van der Waals surface area contributed by atoms with Crippen molar-refractivity contribution < 1.29 is 9.53 Å². The molecule has 0 spiro atoms. The maximum Gasteiger partial charge on any atom is 0.248 e. The number of carbonyl (C=O) groups is 1. The van der Waals surface area contributed by atoms with Gasteiger partial charge in [0.2, 0.25) is 5.91 Å². The van der Waals surface area contributed by atoms with Crippen molar-refractivity contribution in [1.29, 1.82) is 0 Å². The highest BCUT2D eigenvalue weighted by Gasteiger charge is 2.22. The van der Waals surface area contributed by atoms with E-state index < -0.39 is 0 Å². The molecule has 0 atom stereocenters. The van der Waals surface area contributed by atoms with Crippen molar-refractivity contribution in [1.82, 2.24) is 14.9 Å². The number of rotatable bonds is 6. The van der Waals surface area contributed by atoms with E-state index in [4.69, 9.17) is 9.72 Å². The summed E-state index contributed by atoms with van der Waals surface area (Å²) in [5.41, 5.74) is 4.24. The SMILES string of the molecule is Cc1ccc(-c2nc(C)cc(N3CCN(C(=O)COCc4ccccc4)CC3)n2)cc1. The third kappa shape index (κ3) is 5.47. The lowest BCUT2D eigenvalue weighted by Crippen LogP contribution is -2.50. The van der Waals surface area contributed by atoms with Crippen molar-refractivity contribution in [3.63, 3.8) is 0 Å². The number of piperazine rings is 1. The normalized spacial score (nSPS) is 14.0. The number of aryl methyl sites for hydroxylation is 2. The summed E-state index contributed by atoms with van der Waals surface area (Å²) in [7, 11) is 0. The molecule has 2 heterocycles. The number of benzene rings is 2. The van der Waals surface area contributed by atoms with Crippen LogP contribution in [0, 0.1) is 13.8 Å². The number of hydrogen-bond acceptors (Lipinski definition) is 5. The molecule has 0 N–H and O–H groups in total. The molecule has 160 valence electrons. The molecule has 1 amide bonds. The highest BCUT2D eigenvalue weighted by molar-refractivity contribution is 5.77. The molecular formula is C25H28N4O2. The zero-order valence-corrected chi connectivity index (χ0v) is 18.1. The average molecular weight is 417 g/mol. The van der Waals surface area contributed by atoms with Crippen molar-refractivity contribution in [2.24, 2.45) is 0 Å². The average Bonchev–Trinajstić information content (AvgIpc) is 2.80. The van der Waals surface area contributed by atoms with Gasteiger partial charge in [-0.2, -0.15) is 0 Å². The molecule has 0 radical (unpaired) electrons. The van der Waals surface area contributed by atoms with E-state index in [-0.39, 0.29) is 12.5 Å². The molecule has 4 rings (SSSR count). The quantitative estimate of drug-likeness (QED) is 0.614. The molecule has 0 aliphatic carbocycles. The van der Waals surface area contributed by atoms with Crippen LogP contribution < -0.4 is 4.90 Å². The van der Waals surface area contributed by atoms with Gasteiger partial charge in [-0.05, 0) is 19.4 Å². The van der Waals surface area contributed by atoms with Crippen LogP contribution in [0.1, 0.15) is 16.8 Å². The van der Waals surface area contributed by atoms with Gasteiger partial charge >= 0.3 is 0 Å². The van der Waals surface area contributed by atoms with Crippen LogP contribution >= 0.6 is 0 Å². The summed E-state index contributed by atoms with van der Waals surface area (Å²) in [5, 5.41) is 0. The van der Waals surface area contributed by atoms with Crippen molar-refractivity contribution >= 4 is 11.7 Å². The van der Waals surface area contributed by atoms with E-state index in [1.54, 1.807) is 0 Å². The molecule has 1 aliphatic rings. The predicted molar refractivity (Wildman–Crippen MR) is 122 cm³/mol. The number of nitrogens with zero attached hydrogens (tertiary/aromatic N) is 4. The molecule has 0 bridgehead atoms. The summed E-state index contributed by atoms with van der Waals surface area (Å²) in [6.07, 6.45) is 0. The van der Waals surface area contributed by atoms with Crippen LogP contribution in [0.25, 0.3) is 11.4 Å². The van der Waals surface area contributed by atoms with Crippen LogP contribution in [0.3, 0.4) is 0 Å². The van der Waals surface area contributed by atoms with Gasteiger partial charge in [-0.3, -0.25) is 4.79 Å². The van der Waals surface area contributed by atoms with E-state index >= 15 is 0 Å². The van der Waals surface area contributed by atoms with Crippen LogP contribution in [0.15, 0.2) is 60.7 Å². The van der Waals surface area contributed by atoms with Crippen LogP contribution in [0.2, 0.25) is 0 Å². The fraction of sp³-hybridized carbons (Fsp3) is 0.320. The maximum atomic E-state index is 12.5. The molecule has 6 heteroatoms. The first-order valence-electron chi connectivity index (χ1n) is 10.7. The smallest absolute Gasteiger partial charge is 0.248 e. The van der Waals surface area contributed by atoms with Gasteiger partial charge in [0, 0.05) is 43.5 Å². The Morgan fingerprint density at radius 2 is 1.65 bits per heavy atom. The van der Waals surface area contributed by atoms with Gasteiger partial charge in [-0.25, -0.2) is 9.97 Å². The zero-order chi connectivity index (χ0) is 21.6. The molecule has 0 saturated carbocycles. The van der Waals surface area contributed by atoms with Crippen molar-refractivity contribution in [3.05, 3.63) is 77.5 Å². The Kier molecular flexibility index (Phi) is 6.57. The lowest BCUT2D eigenvalue weighted by atomic mass is 10.1. The minimum atomic E-state index is 0.0368. The number of aromatic nitrogens is 2. The monoisotopic (exact) mass is 416 g/mol. The Balaban J connectivity index is 1.33. The number of hydrogen-bond donors (Lipinski definition) is 0. The van der Waals surface area contributed by atoms with Crippen molar-refractivity contribution in [2.75, 3.05) is 37.7 Å². The highest BCUT2D eigenvalue weighted by Crippen LogP contribution is 2.21. The van der Waals surface area contributed by atoms with Gasteiger partial charge in [-0.1, -0.05) is 60.2 Å². The van der Waals surface area contributed by atoms with Crippen molar-refractivity contribution in [2.45, 2.75) is 20.5 Å². The highest BCUT2D eigenvalue weighted by atomic mass is 16.5. The first-order valence-corrected chi connectivity index (χ1v) is 10.7. The second-order valence-electron chi connectivity index (χ2n) is 7.90. The Hall–Kier alpha value is -3.25. The first-order chi connectivity index (χ1) is 15.1. The lowest BCUT2D eigenvalue weighted by Gasteiger charge is -2.35. The second kappa shape index (κ2) is 9.71. The summed E-state index contributed by atoms with van der Waals surface area (Å²) >= 11 is 0. The van der Waals surface area contributed by atoms with E-state index in [0.717, 1.165) is 41.6 Å². The van der Waals surface area contributed by atoms with E-state index in [0.29, 0.717) is 19.7 Å². The van der Waals surface area contributed by atoms with E-state index in [2.05, 4.69) is 41.1 Å². The van der Waals surface area contributed by atoms with Gasteiger partial charge < -0.3 is 14.5 Å². The van der Waals surface area contributed by atoms with Gasteiger partial charge in [0.25, 0.3) is 0 Å². The Labute approximate surface area is 183 Å².